The normalized spacial score (nSPS) is 14.8. The van der Waals surface area contributed by atoms with Crippen LogP contribution in [0.25, 0.3) is 10.9 Å². The number of amides is 2. The molecule has 3 aromatic rings. The van der Waals surface area contributed by atoms with Gasteiger partial charge in [-0.1, -0.05) is 67.3 Å². The van der Waals surface area contributed by atoms with Gasteiger partial charge in [0.1, 0.15) is 5.15 Å². The molecule has 1 aromatic heterocycles. The molecule has 0 bridgehead atoms. The molecule has 4 nitrogen and oxygen atoms in total. The molecule has 2 aromatic carbocycles. The molecule has 0 unspecified atom stereocenters. The van der Waals surface area contributed by atoms with Crippen molar-refractivity contribution < 1.29 is 4.79 Å². The quantitative estimate of drug-likeness (QED) is 0.532. The Balaban J connectivity index is 1.61. The lowest BCUT2D eigenvalue weighted by atomic mass is 9.94. The molecule has 1 aliphatic rings. The van der Waals surface area contributed by atoms with E-state index in [2.05, 4.69) is 16.4 Å². The van der Waals surface area contributed by atoms with Gasteiger partial charge in [-0.2, -0.15) is 0 Å². The number of hydrogen-bond donors (Lipinski definition) is 1. The van der Waals surface area contributed by atoms with Gasteiger partial charge >= 0.3 is 6.03 Å². The summed E-state index contributed by atoms with van der Waals surface area (Å²) in [5.41, 5.74) is 2.55. The van der Waals surface area contributed by atoms with Gasteiger partial charge in [-0.15, -0.1) is 0 Å². The number of fused-ring (bicyclic) bond motifs is 1. The molecule has 1 saturated carbocycles. The Labute approximate surface area is 170 Å². The maximum Gasteiger partial charge on any atom is 0.322 e. The van der Waals surface area contributed by atoms with Crippen molar-refractivity contribution in [3.8, 4) is 0 Å². The van der Waals surface area contributed by atoms with Crippen molar-refractivity contribution in [1.29, 1.82) is 0 Å². The molecule has 1 aliphatic carbocycles. The van der Waals surface area contributed by atoms with Gasteiger partial charge in [0, 0.05) is 22.7 Å². The van der Waals surface area contributed by atoms with Crippen molar-refractivity contribution in [3.05, 3.63) is 71.4 Å². The Morgan fingerprint density at radius 1 is 1.04 bits per heavy atom. The number of rotatable bonds is 4. The average molecular weight is 394 g/mol. The molecule has 0 spiro atoms. The number of halogens is 1. The maximum atomic E-state index is 13.1. The van der Waals surface area contributed by atoms with Crippen LogP contribution in [-0.4, -0.2) is 22.0 Å². The molecule has 0 aliphatic heterocycles. The molecular formula is C23H24ClN3O. The van der Waals surface area contributed by atoms with E-state index < -0.39 is 0 Å². The van der Waals surface area contributed by atoms with Crippen molar-refractivity contribution in [2.75, 3.05) is 5.32 Å². The lowest BCUT2D eigenvalue weighted by molar-refractivity contribution is 0.163. The van der Waals surface area contributed by atoms with E-state index in [0.29, 0.717) is 11.7 Å². The highest BCUT2D eigenvalue weighted by Gasteiger charge is 2.26. The second-order valence-electron chi connectivity index (χ2n) is 7.35. The molecule has 1 heterocycles. The number of urea groups is 1. The van der Waals surface area contributed by atoms with Crippen LogP contribution in [0.3, 0.4) is 0 Å². The van der Waals surface area contributed by atoms with Crippen LogP contribution in [0.5, 0.6) is 0 Å². The number of carbonyl (C=O) groups is 1. The number of nitrogens with one attached hydrogen (secondary N) is 1. The summed E-state index contributed by atoms with van der Waals surface area (Å²) >= 11 is 6.48. The average Bonchev–Trinajstić information content (AvgIpc) is 2.73. The first-order valence-corrected chi connectivity index (χ1v) is 10.3. The smallest absolute Gasteiger partial charge is 0.317 e. The summed E-state index contributed by atoms with van der Waals surface area (Å²) in [5, 5.41) is 4.54. The first-order valence-electron chi connectivity index (χ1n) is 9.87. The van der Waals surface area contributed by atoms with E-state index in [1.807, 2.05) is 59.5 Å². The van der Waals surface area contributed by atoms with Crippen molar-refractivity contribution in [3.63, 3.8) is 0 Å². The van der Waals surface area contributed by atoms with Crippen molar-refractivity contribution in [2.45, 2.75) is 44.7 Å². The first kappa shape index (κ1) is 18.8. The Morgan fingerprint density at radius 2 is 1.75 bits per heavy atom. The van der Waals surface area contributed by atoms with Crippen LogP contribution >= 0.6 is 11.6 Å². The van der Waals surface area contributed by atoms with E-state index in [0.717, 1.165) is 47.8 Å². The number of aromatic nitrogens is 1. The van der Waals surface area contributed by atoms with Gasteiger partial charge in [-0.05, 0) is 37.1 Å². The minimum absolute atomic E-state index is 0.0812. The van der Waals surface area contributed by atoms with Gasteiger partial charge in [0.15, 0.2) is 0 Å². The predicted molar refractivity (Wildman–Crippen MR) is 115 cm³/mol. The number of nitrogens with zero attached hydrogens (tertiary/aromatic N) is 2. The zero-order chi connectivity index (χ0) is 19.3. The van der Waals surface area contributed by atoms with Crippen LogP contribution in [0, 0.1) is 0 Å². The van der Waals surface area contributed by atoms with Crippen LogP contribution in [0.1, 0.15) is 37.7 Å². The largest absolute Gasteiger partial charge is 0.322 e. The monoisotopic (exact) mass is 393 g/mol. The van der Waals surface area contributed by atoms with Gasteiger partial charge in [0.25, 0.3) is 0 Å². The summed E-state index contributed by atoms with van der Waals surface area (Å²) < 4.78 is 0. The number of benzene rings is 2. The zero-order valence-corrected chi connectivity index (χ0v) is 16.5. The molecule has 0 radical (unpaired) electrons. The zero-order valence-electron chi connectivity index (χ0n) is 15.8. The molecule has 144 valence electrons. The fourth-order valence-corrected chi connectivity index (χ4v) is 4.11. The van der Waals surface area contributed by atoms with Gasteiger partial charge in [0.05, 0.1) is 12.1 Å². The van der Waals surface area contributed by atoms with E-state index in [4.69, 9.17) is 11.6 Å². The third-order valence-electron chi connectivity index (χ3n) is 5.39. The Hall–Kier alpha value is -2.59. The molecule has 1 N–H and O–H groups in total. The highest BCUT2D eigenvalue weighted by atomic mass is 35.5. The molecule has 0 saturated heterocycles. The lowest BCUT2D eigenvalue weighted by Gasteiger charge is -2.34. The van der Waals surface area contributed by atoms with Crippen molar-refractivity contribution >= 4 is 34.2 Å². The van der Waals surface area contributed by atoms with Crippen LogP contribution in [0.2, 0.25) is 5.15 Å². The molecule has 28 heavy (non-hydrogen) atoms. The van der Waals surface area contributed by atoms with E-state index in [9.17, 15) is 4.79 Å². The SMILES string of the molecule is O=C(Nc1ccccc1)N(Cc1cc2ccccc2nc1Cl)C1CCCCC1. The fourth-order valence-electron chi connectivity index (χ4n) is 3.91. The van der Waals surface area contributed by atoms with E-state index in [1.54, 1.807) is 0 Å². The predicted octanol–water partition coefficient (Wildman–Crippen LogP) is 6.26. The third kappa shape index (κ3) is 4.28. The van der Waals surface area contributed by atoms with Gasteiger partial charge < -0.3 is 10.2 Å². The lowest BCUT2D eigenvalue weighted by Crippen LogP contribution is -2.43. The fraction of sp³-hybridized carbons (Fsp3) is 0.304. The molecule has 2 amide bonds. The summed E-state index contributed by atoms with van der Waals surface area (Å²) in [4.78, 5) is 19.6. The van der Waals surface area contributed by atoms with Crippen molar-refractivity contribution in [1.82, 2.24) is 9.88 Å². The summed E-state index contributed by atoms with van der Waals surface area (Å²) in [7, 11) is 0. The van der Waals surface area contributed by atoms with E-state index in [1.165, 1.54) is 6.42 Å². The third-order valence-corrected chi connectivity index (χ3v) is 5.72. The van der Waals surface area contributed by atoms with E-state index in [-0.39, 0.29) is 12.1 Å². The highest BCUT2D eigenvalue weighted by molar-refractivity contribution is 6.30. The second kappa shape index (κ2) is 8.61. The highest BCUT2D eigenvalue weighted by Crippen LogP contribution is 2.28. The molecule has 1 fully saturated rings. The van der Waals surface area contributed by atoms with E-state index >= 15 is 0 Å². The van der Waals surface area contributed by atoms with Crippen LogP contribution in [0.15, 0.2) is 60.7 Å². The summed E-state index contributed by atoms with van der Waals surface area (Å²) in [5.74, 6) is 0. The number of para-hydroxylation sites is 2. The molecular weight excluding hydrogens is 370 g/mol. The molecule has 5 heteroatoms. The van der Waals surface area contributed by atoms with Gasteiger partial charge in [0.2, 0.25) is 0 Å². The minimum Gasteiger partial charge on any atom is -0.317 e. The minimum atomic E-state index is -0.0812. The van der Waals surface area contributed by atoms with Gasteiger partial charge in [-0.3, -0.25) is 0 Å². The Morgan fingerprint density at radius 3 is 2.54 bits per heavy atom. The number of hydrogen-bond acceptors (Lipinski definition) is 2. The molecule has 0 atom stereocenters. The molecule has 4 rings (SSSR count). The topological polar surface area (TPSA) is 45.2 Å². The van der Waals surface area contributed by atoms with Crippen LogP contribution < -0.4 is 5.32 Å². The standard InChI is InChI=1S/C23H24ClN3O/c24-22-18(15-17-9-7-8-14-21(17)26-22)16-27(20-12-5-2-6-13-20)23(28)25-19-10-3-1-4-11-19/h1,3-4,7-11,14-15,20H,2,5-6,12-13,16H2,(H,25,28). The van der Waals surface area contributed by atoms with Gasteiger partial charge in [-0.25, -0.2) is 9.78 Å². The Kier molecular flexibility index (Phi) is 5.77. The summed E-state index contributed by atoms with van der Waals surface area (Å²) in [6.45, 7) is 0.458. The first-order chi connectivity index (χ1) is 13.7. The number of carbonyl (C=O) groups excluding carboxylic acids is 1. The van der Waals surface area contributed by atoms with Crippen molar-refractivity contribution in [2.24, 2.45) is 0 Å². The number of pyridine rings is 1. The number of anilines is 1. The van der Waals surface area contributed by atoms with Crippen LogP contribution in [0.4, 0.5) is 10.5 Å². The maximum absolute atomic E-state index is 13.1. The summed E-state index contributed by atoms with van der Waals surface area (Å²) in [6.07, 6.45) is 5.61. The van der Waals surface area contributed by atoms with Crippen LogP contribution in [-0.2, 0) is 6.54 Å². The Bertz CT molecular complexity index is 954. The summed E-state index contributed by atoms with van der Waals surface area (Å²) in [6, 6.07) is 19.7. The second-order valence-corrected chi connectivity index (χ2v) is 7.70.